The summed E-state index contributed by atoms with van der Waals surface area (Å²) in [7, 11) is 1.62. The third-order valence-electron chi connectivity index (χ3n) is 8.75. The topological polar surface area (TPSA) is 102 Å². The van der Waals surface area contributed by atoms with E-state index >= 15 is 0 Å². The van der Waals surface area contributed by atoms with Gasteiger partial charge >= 0.3 is 0 Å². The van der Waals surface area contributed by atoms with Gasteiger partial charge in [0.25, 0.3) is 5.91 Å². The lowest BCUT2D eigenvalue weighted by atomic mass is 9.79. The van der Waals surface area contributed by atoms with E-state index in [1.165, 1.54) is 12.8 Å². The first-order valence-electron chi connectivity index (χ1n) is 14.2. The molecular formula is C29H44N4O4. The number of carbonyl (C=O) groups excluding carboxylic acids is 3. The van der Waals surface area contributed by atoms with E-state index in [9.17, 15) is 19.5 Å². The van der Waals surface area contributed by atoms with Gasteiger partial charge in [-0.2, -0.15) is 0 Å². The van der Waals surface area contributed by atoms with E-state index in [4.69, 9.17) is 0 Å². The van der Waals surface area contributed by atoms with Crippen LogP contribution in [0.1, 0.15) is 87.1 Å². The summed E-state index contributed by atoms with van der Waals surface area (Å²) >= 11 is 0. The number of hydrogen-bond donors (Lipinski definition) is 3. The summed E-state index contributed by atoms with van der Waals surface area (Å²) in [5.74, 6) is -0.247. The van der Waals surface area contributed by atoms with Gasteiger partial charge in [-0.25, -0.2) is 0 Å². The zero-order valence-electron chi connectivity index (χ0n) is 22.5. The fraction of sp³-hybridized carbons (Fsp3) is 0.690. The van der Waals surface area contributed by atoms with E-state index in [1.54, 1.807) is 7.05 Å². The molecule has 0 bridgehead atoms. The van der Waals surface area contributed by atoms with Gasteiger partial charge in [-0.3, -0.25) is 19.3 Å². The summed E-state index contributed by atoms with van der Waals surface area (Å²) in [4.78, 5) is 43.4. The van der Waals surface area contributed by atoms with Crippen LogP contribution in [-0.2, 0) is 16.1 Å². The molecule has 1 aromatic rings. The standard InChI is InChI=1S/C29H44N4O4/c1-3-4-17-33-27(36)24(25(34)22-9-7-5-6-8-10-22)31-28(37)29(33)15-18-32(19-16-29)20-21-11-13-23(14-12-21)26(35)30-2/h11-14,22,24-25,34H,3-10,15-20H2,1-2H3,(H,30,35)(H,31,37)/t24-,25-/m1/s1. The summed E-state index contributed by atoms with van der Waals surface area (Å²) in [6.07, 6.45) is 8.45. The van der Waals surface area contributed by atoms with Crippen LogP contribution in [0.2, 0.25) is 0 Å². The number of aliphatic hydroxyl groups excluding tert-OH is 1. The molecule has 4 rings (SSSR count). The number of likely N-dealkylation sites (tertiary alicyclic amines) is 1. The van der Waals surface area contributed by atoms with Gasteiger partial charge < -0.3 is 20.6 Å². The van der Waals surface area contributed by atoms with Crippen molar-refractivity contribution in [2.75, 3.05) is 26.7 Å². The zero-order valence-corrected chi connectivity index (χ0v) is 22.5. The molecular weight excluding hydrogens is 468 g/mol. The van der Waals surface area contributed by atoms with Crippen LogP contribution in [0.25, 0.3) is 0 Å². The number of amides is 3. The maximum Gasteiger partial charge on any atom is 0.251 e. The summed E-state index contributed by atoms with van der Waals surface area (Å²) in [6.45, 7) is 4.79. The second-order valence-corrected chi connectivity index (χ2v) is 11.1. The highest BCUT2D eigenvalue weighted by atomic mass is 16.3. The minimum atomic E-state index is -0.842. The first-order chi connectivity index (χ1) is 17.9. The van der Waals surface area contributed by atoms with Crippen molar-refractivity contribution < 1.29 is 19.5 Å². The second kappa shape index (κ2) is 12.4. The number of hydrogen-bond acceptors (Lipinski definition) is 5. The van der Waals surface area contributed by atoms with Crippen LogP contribution in [-0.4, -0.2) is 77.0 Å². The fourth-order valence-corrected chi connectivity index (χ4v) is 6.38. The number of piperazine rings is 1. The molecule has 2 aliphatic heterocycles. The van der Waals surface area contributed by atoms with Crippen molar-refractivity contribution in [1.29, 1.82) is 0 Å². The lowest BCUT2D eigenvalue weighted by molar-refractivity contribution is -0.165. The third-order valence-corrected chi connectivity index (χ3v) is 8.75. The molecule has 1 spiro atoms. The first-order valence-corrected chi connectivity index (χ1v) is 14.2. The highest BCUT2D eigenvalue weighted by Crippen LogP contribution is 2.36. The largest absolute Gasteiger partial charge is 0.390 e. The molecule has 8 nitrogen and oxygen atoms in total. The molecule has 204 valence electrons. The number of aliphatic hydroxyl groups is 1. The van der Waals surface area contributed by atoms with Crippen molar-refractivity contribution >= 4 is 17.7 Å². The van der Waals surface area contributed by atoms with E-state index in [0.717, 1.165) is 50.6 Å². The van der Waals surface area contributed by atoms with Crippen LogP contribution in [0.3, 0.4) is 0 Å². The summed E-state index contributed by atoms with van der Waals surface area (Å²) < 4.78 is 0. The Balaban J connectivity index is 1.44. The molecule has 3 amide bonds. The molecule has 1 aliphatic carbocycles. The normalized spacial score (nSPS) is 24.0. The number of piperidine rings is 1. The Morgan fingerprint density at radius 1 is 1.11 bits per heavy atom. The number of carbonyl (C=O) groups is 3. The van der Waals surface area contributed by atoms with E-state index in [2.05, 4.69) is 22.5 Å². The lowest BCUT2D eigenvalue weighted by Gasteiger charge is -2.52. The van der Waals surface area contributed by atoms with Gasteiger partial charge in [-0.1, -0.05) is 51.2 Å². The molecule has 2 saturated heterocycles. The number of nitrogens with one attached hydrogen (secondary N) is 2. The molecule has 3 aliphatic rings. The van der Waals surface area contributed by atoms with E-state index < -0.39 is 17.7 Å². The van der Waals surface area contributed by atoms with Gasteiger partial charge in [-0.15, -0.1) is 0 Å². The average Bonchev–Trinajstić information content (AvgIpc) is 3.21. The zero-order chi connectivity index (χ0) is 26.4. The molecule has 37 heavy (non-hydrogen) atoms. The van der Waals surface area contributed by atoms with Crippen LogP contribution >= 0.6 is 0 Å². The average molecular weight is 513 g/mol. The minimum Gasteiger partial charge on any atom is -0.390 e. The number of rotatable bonds is 8. The molecule has 0 aromatic heterocycles. The second-order valence-electron chi connectivity index (χ2n) is 11.1. The maximum absolute atomic E-state index is 13.8. The van der Waals surface area contributed by atoms with E-state index in [0.29, 0.717) is 38.0 Å². The molecule has 1 saturated carbocycles. The Morgan fingerprint density at radius 3 is 2.35 bits per heavy atom. The number of benzene rings is 1. The van der Waals surface area contributed by atoms with Crippen molar-refractivity contribution in [1.82, 2.24) is 20.4 Å². The molecule has 2 atom stereocenters. The Hall–Kier alpha value is -2.45. The summed E-state index contributed by atoms with van der Waals surface area (Å²) in [5.41, 5.74) is 0.904. The van der Waals surface area contributed by atoms with Crippen LogP contribution in [0.15, 0.2) is 24.3 Å². The molecule has 3 fully saturated rings. The molecule has 8 heteroatoms. The van der Waals surface area contributed by atoms with Gasteiger partial charge in [-0.05, 0) is 55.7 Å². The van der Waals surface area contributed by atoms with Crippen molar-refractivity contribution in [3.8, 4) is 0 Å². The predicted octanol–water partition coefficient (Wildman–Crippen LogP) is 2.84. The monoisotopic (exact) mass is 512 g/mol. The highest BCUT2D eigenvalue weighted by molar-refractivity contribution is 6.00. The molecule has 2 heterocycles. The minimum absolute atomic E-state index is 0.0652. The SMILES string of the molecule is CCCCN1C(=O)[C@@H]([C@H](O)C2CCCCCC2)NC(=O)C12CCN(Cc1ccc(C(=O)NC)cc1)CC2. The Bertz CT molecular complexity index is 934. The van der Waals surface area contributed by atoms with Gasteiger partial charge in [0.1, 0.15) is 11.6 Å². The Morgan fingerprint density at radius 2 is 1.76 bits per heavy atom. The van der Waals surface area contributed by atoms with Crippen molar-refractivity contribution in [2.24, 2.45) is 5.92 Å². The van der Waals surface area contributed by atoms with Crippen LogP contribution < -0.4 is 10.6 Å². The molecule has 0 radical (unpaired) electrons. The smallest absolute Gasteiger partial charge is 0.251 e. The Labute approximate surface area is 221 Å². The highest BCUT2D eigenvalue weighted by Gasteiger charge is 2.55. The van der Waals surface area contributed by atoms with Crippen LogP contribution in [0.5, 0.6) is 0 Å². The van der Waals surface area contributed by atoms with Crippen molar-refractivity contribution in [2.45, 2.75) is 95.4 Å². The van der Waals surface area contributed by atoms with Crippen LogP contribution in [0.4, 0.5) is 0 Å². The Kier molecular flexibility index (Phi) is 9.24. The summed E-state index contributed by atoms with van der Waals surface area (Å²) in [5, 5.41) is 16.9. The number of nitrogens with zero attached hydrogens (tertiary/aromatic N) is 2. The molecule has 1 aromatic carbocycles. The summed E-state index contributed by atoms with van der Waals surface area (Å²) in [6, 6.07) is 6.77. The van der Waals surface area contributed by atoms with Gasteiger partial charge in [0.05, 0.1) is 6.10 Å². The van der Waals surface area contributed by atoms with E-state index in [-0.39, 0.29) is 23.6 Å². The fourth-order valence-electron chi connectivity index (χ4n) is 6.38. The molecule has 3 N–H and O–H groups in total. The van der Waals surface area contributed by atoms with Crippen molar-refractivity contribution in [3.63, 3.8) is 0 Å². The van der Waals surface area contributed by atoms with Gasteiger partial charge in [0, 0.05) is 38.8 Å². The van der Waals surface area contributed by atoms with E-state index in [1.807, 2.05) is 29.2 Å². The lowest BCUT2D eigenvalue weighted by Crippen LogP contribution is -2.75. The van der Waals surface area contributed by atoms with Gasteiger partial charge in [0.15, 0.2) is 0 Å². The van der Waals surface area contributed by atoms with Gasteiger partial charge in [0.2, 0.25) is 11.8 Å². The predicted molar refractivity (Wildman–Crippen MR) is 143 cm³/mol. The molecule has 0 unspecified atom stereocenters. The van der Waals surface area contributed by atoms with Crippen LogP contribution in [0, 0.1) is 5.92 Å². The maximum atomic E-state index is 13.8. The van der Waals surface area contributed by atoms with Crippen molar-refractivity contribution in [3.05, 3.63) is 35.4 Å². The number of unbranched alkanes of at least 4 members (excludes halogenated alkanes) is 1. The first kappa shape index (κ1) is 27.6. The third kappa shape index (κ3) is 6.01. The quantitative estimate of drug-likeness (QED) is 0.465.